The number of hydrogen-bond donors (Lipinski definition) is 0. The van der Waals surface area contributed by atoms with Gasteiger partial charge in [0.25, 0.3) is 5.91 Å². The van der Waals surface area contributed by atoms with Crippen LogP contribution in [0.15, 0.2) is 69.9 Å². The van der Waals surface area contributed by atoms with Gasteiger partial charge in [-0.2, -0.15) is 0 Å². The summed E-state index contributed by atoms with van der Waals surface area (Å²) in [6, 6.07) is 17.7. The number of aryl methyl sites for hydroxylation is 1. The van der Waals surface area contributed by atoms with Gasteiger partial charge in [0.2, 0.25) is 5.76 Å². The van der Waals surface area contributed by atoms with E-state index in [9.17, 15) is 9.59 Å². The Bertz CT molecular complexity index is 1540. The third-order valence-electron chi connectivity index (χ3n) is 6.48. The Balaban J connectivity index is 1.67. The van der Waals surface area contributed by atoms with E-state index >= 15 is 0 Å². The number of methoxy groups -OCH3 is 1. The van der Waals surface area contributed by atoms with Gasteiger partial charge in [-0.3, -0.25) is 9.59 Å². The highest BCUT2D eigenvalue weighted by Crippen LogP contribution is 2.42. The first kappa shape index (κ1) is 24.9. The predicted molar refractivity (Wildman–Crippen MR) is 144 cm³/mol. The maximum absolute atomic E-state index is 13.8. The van der Waals surface area contributed by atoms with Crippen molar-refractivity contribution in [3.05, 3.63) is 104 Å². The van der Waals surface area contributed by atoms with Gasteiger partial charge < -0.3 is 18.8 Å². The molecule has 0 N–H and O–H groups in total. The van der Waals surface area contributed by atoms with Gasteiger partial charge in [0.15, 0.2) is 16.9 Å². The van der Waals surface area contributed by atoms with Crippen LogP contribution in [0.2, 0.25) is 5.02 Å². The third kappa shape index (κ3) is 4.69. The summed E-state index contributed by atoms with van der Waals surface area (Å²) in [5.41, 5.74) is 3.14. The van der Waals surface area contributed by atoms with Crippen LogP contribution in [-0.4, -0.2) is 24.5 Å². The molecule has 7 heteroatoms. The number of benzene rings is 3. The summed E-state index contributed by atoms with van der Waals surface area (Å²) in [5, 5.41) is 0.760. The summed E-state index contributed by atoms with van der Waals surface area (Å²) in [4.78, 5) is 29.2. The van der Waals surface area contributed by atoms with Gasteiger partial charge in [0.05, 0.1) is 30.7 Å². The second-order valence-electron chi connectivity index (χ2n) is 9.75. The van der Waals surface area contributed by atoms with Crippen LogP contribution in [0.5, 0.6) is 11.5 Å². The Kier molecular flexibility index (Phi) is 6.69. The molecular weight excluding hydrogens is 490 g/mol. The van der Waals surface area contributed by atoms with E-state index in [-0.39, 0.29) is 17.1 Å². The number of carbonyl (C=O) groups is 1. The van der Waals surface area contributed by atoms with Crippen LogP contribution in [0.25, 0.3) is 11.0 Å². The van der Waals surface area contributed by atoms with Crippen LogP contribution in [0.3, 0.4) is 0 Å². The van der Waals surface area contributed by atoms with Gasteiger partial charge in [0, 0.05) is 11.6 Å². The highest BCUT2D eigenvalue weighted by molar-refractivity contribution is 6.31. The van der Waals surface area contributed by atoms with Crippen LogP contribution in [0.4, 0.5) is 0 Å². The van der Waals surface area contributed by atoms with Crippen molar-refractivity contribution >= 4 is 28.5 Å². The van der Waals surface area contributed by atoms with Crippen molar-refractivity contribution < 1.29 is 18.7 Å². The molecule has 0 saturated carbocycles. The fourth-order valence-corrected chi connectivity index (χ4v) is 4.79. The summed E-state index contributed by atoms with van der Waals surface area (Å²) in [6.45, 7) is 6.99. The second-order valence-corrected chi connectivity index (χ2v) is 10.2. The molecule has 0 fully saturated rings. The van der Waals surface area contributed by atoms with Gasteiger partial charge in [0.1, 0.15) is 5.58 Å². The van der Waals surface area contributed by atoms with E-state index in [1.807, 2.05) is 49.4 Å². The van der Waals surface area contributed by atoms with Crippen LogP contribution >= 0.6 is 11.6 Å². The molecule has 5 rings (SSSR count). The first-order valence-electron chi connectivity index (χ1n) is 12.2. The largest absolute Gasteiger partial charge is 0.493 e. The predicted octanol–water partition coefficient (Wildman–Crippen LogP) is 6.54. The number of ether oxygens (including phenoxy) is 2. The van der Waals surface area contributed by atoms with Crippen molar-refractivity contribution in [3.63, 3.8) is 0 Å². The van der Waals surface area contributed by atoms with E-state index in [0.717, 1.165) is 16.7 Å². The third-order valence-corrected chi connectivity index (χ3v) is 6.71. The molecule has 1 amide bonds. The number of halogens is 1. The first-order chi connectivity index (χ1) is 17.8. The minimum Gasteiger partial charge on any atom is -0.493 e. The zero-order valence-electron chi connectivity index (χ0n) is 21.2. The van der Waals surface area contributed by atoms with Crippen molar-refractivity contribution in [1.82, 2.24) is 4.90 Å². The lowest BCUT2D eigenvalue weighted by molar-refractivity contribution is 0.0714. The van der Waals surface area contributed by atoms with E-state index in [1.54, 1.807) is 30.2 Å². The molecule has 3 aromatic carbocycles. The molecule has 0 radical (unpaired) electrons. The number of fused-ring (bicyclic) bond motifs is 2. The molecule has 0 saturated heterocycles. The van der Waals surface area contributed by atoms with E-state index < -0.39 is 6.04 Å². The molecule has 1 atom stereocenters. The first-order valence-corrected chi connectivity index (χ1v) is 12.6. The molecule has 0 aliphatic carbocycles. The SMILES string of the molecule is COc1cc(C2c3c(oc4ccc(Cl)cc4c3=O)C(=O)N2Cc2ccc(C)cc2)ccc1OCC(C)C. The molecule has 6 nitrogen and oxygen atoms in total. The normalized spacial score (nSPS) is 14.9. The minimum absolute atomic E-state index is 0.0519. The maximum Gasteiger partial charge on any atom is 0.291 e. The number of amides is 1. The Hall–Kier alpha value is -3.77. The molecular formula is C30H28ClNO5. The number of hydrogen-bond acceptors (Lipinski definition) is 5. The summed E-state index contributed by atoms with van der Waals surface area (Å²) >= 11 is 6.19. The molecule has 1 unspecified atom stereocenters. The lowest BCUT2D eigenvalue weighted by atomic mass is 9.97. The fraction of sp³-hybridized carbons (Fsp3) is 0.267. The highest BCUT2D eigenvalue weighted by Gasteiger charge is 2.43. The van der Waals surface area contributed by atoms with Crippen molar-refractivity contribution in [1.29, 1.82) is 0 Å². The van der Waals surface area contributed by atoms with Gasteiger partial charge in [-0.1, -0.05) is 61.3 Å². The lowest BCUT2D eigenvalue weighted by Crippen LogP contribution is -2.29. The molecule has 2 heterocycles. The van der Waals surface area contributed by atoms with Gasteiger partial charge in [-0.05, 0) is 54.3 Å². The molecule has 37 heavy (non-hydrogen) atoms. The standard InChI is InChI=1S/C30H28ClNO5/c1-17(2)16-36-24-11-9-20(13-25(24)35-4)27-26-28(33)22-14-21(31)10-12-23(22)37-29(26)30(34)32(27)15-19-7-5-18(3)6-8-19/h5-14,17,27H,15-16H2,1-4H3. The minimum atomic E-state index is -0.670. The second kappa shape index (κ2) is 9.94. The van der Waals surface area contributed by atoms with Crippen molar-refractivity contribution in [2.24, 2.45) is 5.92 Å². The van der Waals surface area contributed by atoms with Crippen LogP contribution in [0, 0.1) is 12.8 Å². The summed E-state index contributed by atoms with van der Waals surface area (Å²) < 4.78 is 17.6. The van der Waals surface area contributed by atoms with E-state index in [4.69, 9.17) is 25.5 Å². The fourth-order valence-electron chi connectivity index (χ4n) is 4.62. The van der Waals surface area contributed by atoms with Crippen LogP contribution in [-0.2, 0) is 6.54 Å². The average molecular weight is 518 g/mol. The quantitative estimate of drug-likeness (QED) is 0.278. The molecule has 1 aromatic heterocycles. The molecule has 1 aliphatic heterocycles. The summed E-state index contributed by atoms with van der Waals surface area (Å²) in [6.07, 6.45) is 0. The van der Waals surface area contributed by atoms with Crippen molar-refractivity contribution in [2.75, 3.05) is 13.7 Å². The number of rotatable bonds is 7. The van der Waals surface area contributed by atoms with Crippen molar-refractivity contribution in [3.8, 4) is 11.5 Å². The smallest absolute Gasteiger partial charge is 0.291 e. The molecule has 1 aliphatic rings. The Morgan fingerprint density at radius 2 is 1.76 bits per heavy atom. The number of nitrogens with zero attached hydrogens (tertiary/aromatic N) is 1. The Morgan fingerprint density at radius 3 is 2.46 bits per heavy atom. The zero-order valence-corrected chi connectivity index (χ0v) is 22.0. The molecule has 0 bridgehead atoms. The molecule has 0 spiro atoms. The topological polar surface area (TPSA) is 69.0 Å². The molecule has 4 aromatic rings. The van der Waals surface area contributed by atoms with Crippen LogP contribution in [0.1, 0.15) is 52.7 Å². The van der Waals surface area contributed by atoms with E-state index in [1.165, 1.54) is 0 Å². The molecule has 190 valence electrons. The Morgan fingerprint density at radius 1 is 1.00 bits per heavy atom. The maximum atomic E-state index is 13.8. The average Bonchev–Trinajstić information content (AvgIpc) is 3.16. The van der Waals surface area contributed by atoms with Gasteiger partial charge in [-0.25, -0.2) is 0 Å². The summed E-state index contributed by atoms with van der Waals surface area (Å²) in [7, 11) is 1.57. The highest BCUT2D eigenvalue weighted by atomic mass is 35.5. The number of carbonyl (C=O) groups excluding carboxylic acids is 1. The van der Waals surface area contributed by atoms with E-state index in [2.05, 4.69) is 13.8 Å². The lowest BCUT2D eigenvalue weighted by Gasteiger charge is -2.26. The van der Waals surface area contributed by atoms with E-state index in [0.29, 0.717) is 52.1 Å². The summed E-state index contributed by atoms with van der Waals surface area (Å²) in [5.74, 6) is 1.19. The monoisotopic (exact) mass is 517 g/mol. The van der Waals surface area contributed by atoms with Gasteiger partial charge in [-0.15, -0.1) is 0 Å². The van der Waals surface area contributed by atoms with Gasteiger partial charge >= 0.3 is 0 Å². The zero-order chi connectivity index (χ0) is 26.3. The van der Waals surface area contributed by atoms with Crippen molar-refractivity contribution in [2.45, 2.75) is 33.4 Å². The Labute approximate surface area is 220 Å². The van der Waals surface area contributed by atoms with Crippen LogP contribution < -0.4 is 14.9 Å².